The summed E-state index contributed by atoms with van der Waals surface area (Å²) < 4.78 is 6.79. The zero-order valence-corrected chi connectivity index (χ0v) is 12.8. The molecular formula is C15H19N3O4. The summed E-state index contributed by atoms with van der Waals surface area (Å²) in [6, 6.07) is 2.62. The number of aryl methyl sites for hydroxylation is 2. The SMILES string of the molecule is Cc1nn(C)c(C)c1CCCNC(=O)c1ccc(C(=O)O)o1. The lowest BCUT2D eigenvalue weighted by atomic mass is 10.1. The van der Waals surface area contributed by atoms with E-state index in [9.17, 15) is 9.59 Å². The van der Waals surface area contributed by atoms with Gasteiger partial charge in [0.25, 0.3) is 5.91 Å². The molecule has 0 fully saturated rings. The van der Waals surface area contributed by atoms with Gasteiger partial charge in [-0.05, 0) is 44.4 Å². The molecule has 0 atom stereocenters. The van der Waals surface area contributed by atoms with Gasteiger partial charge >= 0.3 is 5.97 Å². The third kappa shape index (κ3) is 3.36. The van der Waals surface area contributed by atoms with Crippen LogP contribution in [0.3, 0.4) is 0 Å². The summed E-state index contributed by atoms with van der Waals surface area (Å²) in [5, 5.41) is 15.8. The van der Waals surface area contributed by atoms with Crippen molar-refractivity contribution in [2.45, 2.75) is 26.7 Å². The molecule has 7 heteroatoms. The van der Waals surface area contributed by atoms with E-state index in [4.69, 9.17) is 9.52 Å². The Bertz CT molecular complexity index is 700. The number of nitrogens with one attached hydrogen (secondary N) is 1. The molecule has 0 spiro atoms. The van der Waals surface area contributed by atoms with Crippen LogP contribution in [0.5, 0.6) is 0 Å². The van der Waals surface area contributed by atoms with Crippen LogP contribution in [0.2, 0.25) is 0 Å². The molecule has 2 aromatic rings. The Balaban J connectivity index is 1.83. The fourth-order valence-corrected chi connectivity index (χ4v) is 2.31. The van der Waals surface area contributed by atoms with Crippen LogP contribution in [-0.2, 0) is 13.5 Å². The highest BCUT2D eigenvalue weighted by molar-refractivity contribution is 5.93. The molecule has 0 saturated carbocycles. The summed E-state index contributed by atoms with van der Waals surface area (Å²) in [5.41, 5.74) is 3.33. The highest BCUT2D eigenvalue weighted by atomic mass is 16.4. The van der Waals surface area contributed by atoms with Crippen molar-refractivity contribution in [3.63, 3.8) is 0 Å². The molecule has 0 aromatic carbocycles. The van der Waals surface area contributed by atoms with E-state index in [1.54, 1.807) is 0 Å². The minimum Gasteiger partial charge on any atom is -0.475 e. The minimum absolute atomic E-state index is 0.00568. The third-order valence-corrected chi connectivity index (χ3v) is 3.59. The molecule has 0 saturated heterocycles. The first-order valence-corrected chi connectivity index (χ1v) is 7.00. The van der Waals surface area contributed by atoms with E-state index < -0.39 is 11.9 Å². The quantitative estimate of drug-likeness (QED) is 0.791. The Kier molecular flexibility index (Phi) is 4.65. The summed E-state index contributed by atoms with van der Waals surface area (Å²) in [5.74, 6) is -1.84. The highest BCUT2D eigenvalue weighted by Crippen LogP contribution is 2.13. The molecule has 0 aliphatic rings. The Morgan fingerprint density at radius 1 is 1.32 bits per heavy atom. The molecular weight excluding hydrogens is 286 g/mol. The van der Waals surface area contributed by atoms with E-state index in [0.29, 0.717) is 6.54 Å². The normalized spacial score (nSPS) is 10.7. The predicted molar refractivity (Wildman–Crippen MR) is 79.0 cm³/mol. The van der Waals surface area contributed by atoms with Gasteiger partial charge < -0.3 is 14.8 Å². The molecule has 0 aliphatic carbocycles. The molecule has 22 heavy (non-hydrogen) atoms. The average Bonchev–Trinajstić information content (AvgIpc) is 3.03. The number of hydrogen-bond donors (Lipinski definition) is 2. The Labute approximate surface area is 127 Å². The summed E-state index contributed by atoms with van der Waals surface area (Å²) >= 11 is 0. The number of carboxylic acids is 1. The van der Waals surface area contributed by atoms with Crippen molar-refractivity contribution < 1.29 is 19.1 Å². The number of carbonyl (C=O) groups excluding carboxylic acids is 1. The van der Waals surface area contributed by atoms with E-state index >= 15 is 0 Å². The molecule has 0 bridgehead atoms. The van der Waals surface area contributed by atoms with Gasteiger partial charge in [-0.25, -0.2) is 4.79 Å². The van der Waals surface area contributed by atoms with Crippen LogP contribution < -0.4 is 5.32 Å². The van der Waals surface area contributed by atoms with Gasteiger partial charge in [0.15, 0.2) is 5.76 Å². The molecule has 0 aliphatic heterocycles. The second-order valence-electron chi connectivity index (χ2n) is 5.10. The minimum atomic E-state index is -1.19. The molecule has 2 heterocycles. The standard InChI is InChI=1S/C15H19N3O4/c1-9-11(10(2)18(3)17-9)5-4-8-16-14(19)12-6-7-13(22-12)15(20)21/h6-7H,4-5,8H2,1-3H3,(H,16,19)(H,20,21). The molecule has 2 N–H and O–H groups in total. The zero-order valence-electron chi connectivity index (χ0n) is 12.8. The first-order valence-electron chi connectivity index (χ1n) is 7.00. The molecule has 2 aromatic heterocycles. The molecule has 7 nitrogen and oxygen atoms in total. The summed E-state index contributed by atoms with van der Waals surface area (Å²) in [6.07, 6.45) is 1.59. The third-order valence-electron chi connectivity index (χ3n) is 3.59. The number of carbonyl (C=O) groups is 2. The first kappa shape index (κ1) is 15.8. The lowest BCUT2D eigenvalue weighted by Crippen LogP contribution is -2.24. The lowest BCUT2D eigenvalue weighted by Gasteiger charge is -2.04. The van der Waals surface area contributed by atoms with Crippen LogP contribution in [-0.4, -0.2) is 33.3 Å². The Hall–Kier alpha value is -2.57. The number of aromatic carboxylic acids is 1. The summed E-state index contributed by atoms with van der Waals surface area (Å²) in [7, 11) is 1.91. The van der Waals surface area contributed by atoms with Crippen molar-refractivity contribution in [2.24, 2.45) is 7.05 Å². The van der Waals surface area contributed by atoms with Gasteiger partial charge in [0, 0.05) is 19.3 Å². The predicted octanol–water partition coefficient (Wildman–Crippen LogP) is 1.69. The lowest BCUT2D eigenvalue weighted by molar-refractivity contribution is 0.0659. The average molecular weight is 305 g/mol. The van der Waals surface area contributed by atoms with Crippen LogP contribution in [0.15, 0.2) is 16.5 Å². The van der Waals surface area contributed by atoms with E-state index in [-0.39, 0.29) is 11.5 Å². The highest BCUT2D eigenvalue weighted by Gasteiger charge is 2.14. The number of amides is 1. The zero-order chi connectivity index (χ0) is 16.3. The maximum absolute atomic E-state index is 11.8. The fourth-order valence-electron chi connectivity index (χ4n) is 2.31. The molecule has 2 rings (SSSR count). The monoisotopic (exact) mass is 305 g/mol. The maximum atomic E-state index is 11.8. The maximum Gasteiger partial charge on any atom is 0.371 e. The van der Waals surface area contributed by atoms with Crippen molar-refractivity contribution in [1.82, 2.24) is 15.1 Å². The van der Waals surface area contributed by atoms with Crippen LogP contribution in [0.4, 0.5) is 0 Å². The van der Waals surface area contributed by atoms with Crippen molar-refractivity contribution in [3.8, 4) is 0 Å². The van der Waals surface area contributed by atoms with Crippen LogP contribution in [0.1, 0.15) is 44.5 Å². The number of hydrogen-bond acceptors (Lipinski definition) is 4. The molecule has 1 amide bonds. The number of furan rings is 1. The molecule has 0 unspecified atom stereocenters. The van der Waals surface area contributed by atoms with Crippen molar-refractivity contribution in [3.05, 3.63) is 40.6 Å². The van der Waals surface area contributed by atoms with E-state index in [1.807, 2.05) is 25.6 Å². The first-order chi connectivity index (χ1) is 10.4. The van der Waals surface area contributed by atoms with Crippen LogP contribution in [0.25, 0.3) is 0 Å². The van der Waals surface area contributed by atoms with Crippen LogP contribution >= 0.6 is 0 Å². The van der Waals surface area contributed by atoms with E-state index in [2.05, 4.69) is 10.4 Å². The smallest absolute Gasteiger partial charge is 0.371 e. The molecule has 118 valence electrons. The Morgan fingerprint density at radius 3 is 2.55 bits per heavy atom. The van der Waals surface area contributed by atoms with Gasteiger partial charge in [-0.15, -0.1) is 0 Å². The second kappa shape index (κ2) is 6.46. The molecule has 0 radical (unpaired) electrons. The number of nitrogens with zero attached hydrogens (tertiary/aromatic N) is 2. The van der Waals surface area contributed by atoms with Gasteiger partial charge in [-0.3, -0.25) is 9.48 Å². The van der Waals surface area contributed by atoms with Crippen molar-refractivity contribution >= 4 is 11.9 Å². The number of carboxylic acid groups (broad SMARTS) is 1. The van der Waals surface area contributed by atoms with Gasteiger partial charge in [0.2, 0.25) is 5.76 Å². The van der Waals surface area contributed by atoms with Crippen molar-refractivity contribution in [2.75, 3.05) is 6.54 Å². The number of aromatic nitrogens is 2. The summed E-state index contributed by atoms with van der Waals surface area (Å²) in [6.45, 7) is 4.47. The van der Waals surface area contributed by atoms with Gasteiger partial charge in [0.1, 0.15) is 0 Å². The summed E-state index contributed by atoms with van der Waals surface area (Å²) in [4.78, 5) is 22.5. The van der Waals surface area contributed by atoms with E-state index in [1.165, 1.54) is 17.7 Å². The van der Waals surface area contributed by atoms with Crippen molar-refractivity contribution in [1.29, 1.82) is 0 Å². The second-order valence-corrected chi connectivity index (χ2v) is 5.10. The van der Waals surface area contributed by atoms with Gasteiger partial charge in [0.05, 0.1) is 5.69 Å². The number of rotatable bonds is 6. The van der Waals surface area contributed by atoms with E-state index in [0.717, 1.165) is 24.2 Å². The van der Waals surface area contributed by atoms with Gasteiger partial charge in [-0.2, -0.15) is 5.10 Å². The van der Waals surface area contributed by atoms with Crippen LogP contribution in [0, 0.1) is 13.8 Å². The largest absolute Gasteiger partial charge is 0.475 e. The Morgan fingerprint density at radius 2 is 2.00 bits per heavy atom. The topological polar surface area (TPSA) is 97.4 Å². The fraction of sp³-hybridized carbons (Fsp3) is 0.400. The van der Waals surface area contributed by atoms with Gasteiger partial charge in [-0.1, -0.05) is 0 Å².